The maximum atomic E-state index is 4.22. The molecule has 0 saturated carbocycles. The van der Waals surface area contributed by atoms with Crippen molar-refractivity contribution in [3.63, 3.8) is 0 Å². The van der Waals surface area contributed by atoms with Crippen molar-refractivity contribution in [1.29, 1.82) is 0 Å². The maximum Gasteiger partial charge on any atom is 2.00 e. The Kier molecular flexibility index (Phi) is 2.25. The summed E-state index contributed by atoms with van der Waals surface area (Å²) < 4.78 is 4.22. The van der Waals surface area contributed by atoms with Gasteiger partial charge in [-0.05, 0) is 0 Å². The van der Waals surface area contributed by atoms with Gasteiger partial charge in [-0.15, -0.1) is 5.10 Å². The van der Waals surface area contributed by atoms with Crippen LogP contribution in [0.1, 0.15) is 2.85 Å². The molecule has 0 saturated heterocycles. The van der Waals surface area contributed by atoms with Gasteiger partial charge in [-0.25, -0.2) is 0 Å². The first-order chi connectivity index (χ1) is 2.50. The SMILES string of the molecule is [Be+2].[H-].[H-].c1conn1. The molecular weight excluding hydrogens is 77.0 g/mol. The van der Waals surface area contributed by atoms with Crippen molar-refractivity contribution in [2.45, 2.75) is 0 Å². The summed E-state index contributed by atoms with van der Waals surface area (Å²) in [5.41, 5.74) is 0. The monoisotopic (exact) mass is 81.0 g/mol. The molecule has 4 heteroatoms. The van der Waals surface area contributed by atoms with Gasteiger partial charge in [0.25, 0.3) is 0 Å². The van der Waals surface area contributed by atoms with E-state index in [0.29, 0.717) is 0 Å². The van der Waals surface area contributed by atoms with Gasteiger partial charge in [0, 0.05) is 5.27 Å². The van der Waals surface area contributed by atoms with Crippen molar-refractivity contribution in [1.82, 2.24) is 10.4 Å². The van der Waals surface area contributed by atoms with Gasteiger partial charge in [0.05, 0.1) is 6.20 Å². The second-order valence-electron chi connectivity index (χ2n) is 0.588. The van der Waals surface area contributed by atoms with Crippen molar-refractivity contribution in [3.8, 4) is 0 Å². The Morgan fingerprint density at radius 2 is 2.50 bits per heavy atom. The second-order valence-corrected chi connectivity index (χ2v) is 0.588. The minimum absolute atomic E-state index is 0. The van der Waals surface area contributed by atoms with Crippen LogP contribution in [0.15, 0.2) is 17.0 Å². The summed E-state index contributed by atoms with van der Waals surface area (Å²) in [6, 6.07) is 0. The third-order valence-corrected chi connectivity index (χ3v) is 0.283. The zero-order valence-corrected chi connectivity index (χ0v) is 3.16. The molecule has 0 N–H and O–H groups in total. The molecule has 30 valence electrons. The van der Waals surface area contributed by atoms with E-state index in [2.05, 4.69) is 14.9 Å². The number of rotatable bonds is 0. The van der Waals surface area contributed by atoms with Gasteiger partial charge < -0.3 is 7.38 Å². The van der Waals surface area contributed by atoms with E-state index in [-0.39, 0.29) is 13.0 Å². The number of hydrogen-bond donors (Lipinski definition) is 0. The molecule has 0 atom stereocenters. The van der Waals surface area contributed by atoms with Gasteiger partial charge in [-0.1, -0.05) is 0 Å². The summed E-state index contributed by atoms with van der Waals surface area (Å²) in [5, 5.41) is 6.40. The van der Waals surface area contributed by atoms with Gasteiger partial charge in [-0.2, -0.15) is 0 Å². The summed E-state index contributed by atoms with van der Waals surface area (Å²) in [7, 11) is 0. The van der Waals surface area contributed by atoms with E-state index in [1.165, 1.54) is 12.5 Å². The molecule has 0 radical (unpaired) electrons. The average Bonchev–Trinajstić information content (AvgIpc) is 1.76. The van der Waals surface area contributed by atoms with Crippen molar-refractivity contribution >= 4 is 10.1 Å². The first-order valence-corrected chi connectivity index (χ1v) is 1.21. The molecule has 6 heavy (non-hydrogen) atoms. The van der Waals surface area contributed by atoms with Gasteiger partial charge in [0.1, 0.15) is 6.26 Å². The van der Waals surface area contributed by atoms with Crippen LogP contribution in [-0.2, 0) is 0 Å². The van der Waals surface area contributed by atoms with Gasteiger partial charge in [0.15, 0.2) is 0 Å². The normalized spacial score (nSPS) is 6.67. The molecule has 0 aliphatic carbocycles. The fourth-order valence-corrected chi connectivity index (χ4v) is 0.136. The Balaban J connectivity index is -0.0000000833. The minimum atomic E-state index is 0. The minimum Gasteiger partial charge on any atom is -1.00 e. The smallest absolute Gasteiger partial charge is 1.00 e. The summed E-state index contributed by atoms with van der Waals surface area (Å²) in [6.45, 7) is 0. The fourth-order valence-electron chi connectivity index (χ4n) is 0.136. The van der Waals surface area contributed by atoms with Crippen molar-refractivity contribution in [2.75, 3.05) is 0 Å². The van der Waals surface area contributed by atoms with Crippen LogP contribution in [0.4, 0.5) is 0 Å². The quantitative estimate of drug-likeness (QED) is 0.410. The third-order valence-electron chi connectivity index (χ3n) is 0.283. The predicted molar refractivity (Wildman–Crippen MR) is 22.3 cm³/mol. The molecule has 0 aliphatic heterocycles. The Morgan fingerprint density at radius 1 is 1.67 bits per heavy atom. The first-order valence-electron chi connectivity index (χ1n) is 1.21. The molecule has 1 heterocycles. The van der Waals surface area contributed by atoms with E-state index in [4.69, 9.17) is 0 Å². The van der Waals surface area contributed by atoms with E-state index < -0.39 is 0 Å². The molecule has 0 aliphatic rings. The molecule has 0 aromatic carbocycles. The molecule has 0 spiro atoms. The summed E-state index contributed by atoms with van der Waals surface area (Å²) >= 11 is 0. The summed E-state index contributed by atoms with van der Waals surface area (Å²) in [4.78, 5) is 0. The predicted octanol–water partition coefficient (Wildman–Crippen LogP) is -0.0862. The van der Waals surface area contributed by atoms with E-state index in [0.717, 1.165) is 0 Å². The molecule has 0 amide bonds. The van der Waals surface area contributed by atoms with Crippen molar-refractivity contribution in [2.24, 2.45) is 0 Å². The Labute approximate surface area is 41.5 Å². The van der Waals surface area contributed by atoms with Crippen LogP contribution >= 0.6 is 0 Å². The van der Waals surface area contributed by atoms with E-state index in [1.807, 2.05) is 0 Å². The summed E-state index contributed by atoms with van der Waals surface area (Å²) in [5.74, 6) is 0. The molecular formula is C2H4BeN2O. The van der Waals surface area contributed by atoms with Crippen LogP contribution in [0.5, 0.6) is 0 Å². The van der Waals surface area contributed by atoms with Crippen LogP contribution in [0.3, 0.4) is 0 Å². The third kappa shape index (κ3) is 0.950. The second kappa shape index (κ2) is 2.54. The molecule has 3 nitrogen and oxygen atoms in total. The van der Waals surface area contributed by atoms with Crippen molar-refractivity contribution < 1.29 is 7.38 Å². The van der Waals surface area contributed by atoms with Crippen LogP contribution in [0.25, 0.3) is 0 Å². The molecule has 1 rings (SSSR count). The van der Waals surface area contributed by atoms with Gasteiger partial charge in [-0.3, -0.25) is 0 Å². The van der Waals surface area contributed by atoms with Crippen LogP contribution < -0.4 is 0 Å². The molecule has 0 bridgehead atoms. The Morgan fingerprint density at radius 3 is 2.67 bits per heavy atom. The van der Waals surface area contributed by atoms with Crippen LogP contribution in [0.2, 0.25) is 0 Å². The topological polar surface area (TPSA) is 38.9 Å². The van der Waals surface area contributed by atoms with Crippen molar-refractivity contribution in [3.05, 3.63) is 12.5 Å². The Bertz CT molecular complexity index is 74.5. The standard InChI is InChI=1S/C2H2N2O.Be.2H/c1-2-5-4-3-1;;;/h1-2H;;;/q;+2;2*-1. The number of nitrogens with zero attached hydrogens (tertiary/aromatic N) is 2. The Hall–Kier alpha value is -0.691. The van der Waals surface area contributed by atoms with E-state index >= 15 is 0 Å². The summed E-state index contributed by atoms with van der Waals surface area (Å²) in [6.07, 6.45) is 2.88. The molecule has 0 fully saturated rings. The molecule has 1 aromatic heterocycles. The van der Waals surface area contributed by atoms with Crippen LogP contribution in [0, 0.1) is 0 Å². The zero-order chi connectivity index (χ0) is 3.54. The average molecular weight is 81.1 g/mol. The number of hydrogen-bond acceptors (Lipinski definition) is 3. The largest absolute Gasteiger partial charge is 2.00 e. The molecule has 1 aromatic rings. The van der Waals surface area contributed by atoms with E-state index in [9.17, 15) is 0 Å². The molecule has 0 unspecified atom stereocenters. The maximum absolute atomic E-state index is 4.22. The number of aromatic nitrogens is 2. The van der Waals surface area contributed by atoms with Gasteiger partial charge >= 0.3 is 10.1 Å². The first kappa shape index (κ1) is 5.31. The van der Waals surface area contributed by atoms with Gasteiger partial charge in [0.2, 0.25) is 0 Å². The van der Waals surface area contributed by atoms with Crippen LogP contribution in [-0.4, -0.2) is 20.5 Å². The van der Waals surface area contributed by atoms with E-state index in [1.54, 1.807) is 0 Å². The fraction of sp³-hybridized carbons (Fsp3) is 0. The zero-order valence-electron chi connectivity index (χ0n) is 5.16.